The molecule has 1 fully saturated rings. The van der Waals surface area contributed by atoms with Gasteiger partial charge in [0.25, 0.3) is 11.6 Å². The second kappa shape index (κ2) is 6.89. The molecule has 0 atom stereocenters. The number of morpholine rings is 1. The van der Waals surface area contributed by atoms with Crippen LogP contribution in [-0.2, 0) is 10.9 Å². The van der Waals surface area contributed by atoms with Gasteiger partial charge in [-0.15, -0.1) is 5.10 Å². The summed E-state index contributed by atoms with van der Waals surface area (Å²) < 4.78 is 44.7. The largest absolute Gasteiger partial charge is 0.453 e. The van der Waals surface area contributed by atoms with Crippen LogP contribution in [0.1, 0.15) is 17.9 Å². The van der Waals surface area contributed by atoms with Gasteiger partial charge in [-0.05, 0) is 19.9 Å². The summed E-state index contributed by atoms with van der Waals surface area (Å²) in [6.07, 6.45) is -3.72. The molecule has 3 rings (SSSR count). The summed E-state index contributed by atoms with van der Waals surface area (Å²) in [6, 6.07) is 1.66. The van der Waals surface area contributed by atoms with Crippen LogP contribution in [0.3, 0.4) is 0 Å². The molecular weight excluding hydrogens is 325 g/mol. The number of aryl methyl sites for hydroxylation is 1. The molecule has 24 heavy (non-hydrogen) atoms. The van der Waals surface area contributed by atoms with Gasteiger partial charge in [0.1, 0.15) is 5.82 Å². The first-order chi connectivity index (χ1) is 11.4. The van der Waals surface area contributed by atoms with Gasteiger partial charge in [-0.2, -0.15) is 22.7 Å². The molecule has 2 aromatic heterocycles. The third-order valence-electron chi connectivity index (χ3n) is 3.75. The highest BCUT2D eigenvalue weighted by Gasteiger charge is 2.36. The third-order valence-corrected chi connectivity index (χ3v) is 3.75. The molecule has 0 aromatic carbocycles. The van der Waals surface area contributed by atoms with E-state index in [0.29, 0.717) is 18.1 Å². The predicted molar refractivity (Wildman–Crippen MR) is 80.9 cm³/mol. The first kappa shape index (κ1) is 16.9. The normalized spacial score (nSPS) is 16.7. The number of anilines is 1. The van der Waals surface area contributed by atoms with E-state index in [4.69, 9.17) is 4.74 Å². The number of fused-ring (bicyclic) bond motifs is 1. The van der Waals surface area contributed by atoms with Crippen LogP contribution in [0.5, 0.6) is 0 Å². The van der Waals surface area contributed by atoms with Crippen molar-refractivity contribution in [1.29, 1.82) is 0 Å². The van der Waals surface area contributed by atoms with Gasteiger partial charge >= 0.3 is 6.18 Å². The number of aromatic nitrogens is 4. The molecule has 0 aliphatic carbocycles. The number of rotatable bonds is 5. The summed E-state index contributed by atoms with van der Waals surface area (Å²) in [7, 11) is 0. The zero-order valence-corrected chi connectivity index (χ0v) is 13.3. The van der Waals surface area contributed by atoms with Crippen LogP contribution in [-0.4, -0.2) is 63.9 Å². The number of hydrogen-bond donors (Lipinski definition) is 1. The van der Waals surface area contributed by atoms with Gasteiger partial charge in [0, 0.05) is 31.4 Å². The molecule has 0 amide bonds. The second-order valence-corrected chi connectivity index (χ2v) is 5.66. The van der Waals surface area contributed by atoms with E-state index in [1.54, 1.807) is 13.0 Å². The minimum absolute atomic E-state index is 0.0574. The van der Waals surface area contributed by atoms with E-state index in [0.717, 1.165) is 43.8 Å². The number of hydrogen-bond acceptors (Lipinski definition) is 6. The van der Waals surface area contributed by atoms with Crippen molar-refractivity contribution in [3.63, 3.8) is 0 Å². The van der Waals surface area contributed by atoms with Gasteiger partial charge in [-0.3, -0.25) is 4.90 Å². The minimum Gasteiger partial charge on any atom is -0.379 e. The first-order valence-electron chi connectivity index (χ1n) is 7.79. The quantitative estimate of drug-likeness (QED) is 0.831. The third kappa shape index (κ3) is 3.93. The Hall–Kier alpha value is -1.94. The van der Waals surface area contributed by atoms with Crippen LogP contribution < -0.4 is 5.32 Å². The van der Waals surface area contributed by atoms with Gasteiger partial charge in [-0.1, -0.05) is 0 Å². The molecular formula is C14H19F3N6O. The van der Waals surface area contributed by atoms with Crippen molar-refractivity contribution in [3.05, 3.63) is 17.6 Å². The van der Waals surface area contributed by atoms with Crippen molar-refractivity contribution in [3.8, 4) is 0 Å². The van der Waals surface area contributed by atoms with Gasteiger partial charge in [-0.25, -0.2) is 4.98 Å². The zero-order valence-electron chi connectivity index (χ0n) is 13.3. The molecule has 1 saturated heterocycles. The zero-order chi connectivity index (χ0) is 17.2. The van der Waals surface area contributed by atoms with Crippen molar-refractivity contribution in [1.82, 2.24) is 24.5 Å². The number of alkyl halides is 3. The fraction of sp³-hybridized carbons (Fsp3) is 0.643. The van der Waals surface area contributed by atoms with E-state index in [2.05, 4.69) is 25.3 Å². The Kier molecular flexibility index (Phi) is 4.86. The average molecular weight is 344 g/mol. The summed E-state index contributed by atoms with van der Waals surface area (Å²) in [5, 5.41) is 6.65. The van der Waals surface area contributed by atoms with Crippen molar-refractivity contribution < 1.29 is 17.9 Å². The average Bonchev–Trinajstić information content (AvgIpc) is 2.96. The number of nitrogens with zero attached hydrogens (tertiary/aromatic N) is 5. The SMILES string of the molecule is Cc1cc(NCCCN2CCOCC2)n2nc(C(F)(F)F)nc2n1. The Morgan fingerprint density at radius 2 is 2.00 bits per heavy atom. The standard InChI is InChI=1S/C14H19F3N6O/c1-10-9-11(18-3-2-4-22-5-7-24-8-6-22)23-13(19-10)20-12(21-23)14(15,16)17/h9,18H,2-8H2,1H3. The molecule has 2 aromatic rings. The van der Waals surface area contributed by atoms with E-state index in [-0.39, 0.29) is 5.78 Å². The fourth-order valence-corrected chi connectivity index (χ4v) is 2.58. The molecule has 0 spiro atoms. The lowest BCUT2D eigenvalue weighted by Gasteiger charge is -2.26. The van der Waals surface area contributed by atoms with Crippen LogP contribution >= 0.6 is 0 Å². The van der Waals surface area contributed by atoms with E-state index < -0.39 is 12.0 Å². The molecule has 0 radical (unpaired) electrons. The minimum atomic E-state index is -4.59. The fourth-order valence-electron chi connectivity index (χ4n) is 2.58. The van der Waals surface area contributed by atoms with Crippen LogP contribution in [0.4, 0.5) is 19.0 Å². The van der Waals surface area contributed by atoms with Gasteiger partial charge in [0.05, 0.1) is 13.2 Å². The highest BCUT2D eigenvalue weighted by molar-refractivity contribution is 5.45. The summed E-state index contributed by atoms with van der Waals surface area (Å²) in [5.74, 6) is -0.780. The van der Waals surface area contributed by atoms with Crippen LogP contribution in [0, 0.1) is 6.92 Å². The summed E-state index contributed by atoms with van der Waals surface area (Å²) in [4.78, 5) is 9.76. The van der Waals surface area contributed by atoms with Crippen LogP contribution in [0.2, 0.25) is 0 Å². The highest BCUT2D eigenvalue weighted by Crippen LogP contribution is 2.27. The Morgan fingerprint density at radius 1 is 1.25 bits per heavy atom. The van der Waals surface area contributed by atoms with Crippen LogP contribution in [0.25, 0.3) is 5.78 Å². The maximum absolute atomic E-state index is 12.8. The van der Waals surface area contributed by atoms with E-state index >= 15 is 0 Å². The summed E-state index contributed by atoms with van der Waals surface area (Å²) in [6.45, 7) is 6.56. The Morgan fingerprint density at radius 3 is 2.71 bits per heavy atom. The highest BCUT2D eigenvalue weighted by atomic mass is 19.4. The smallest absolute Gasteiger partial charge is 0.379 e. The second-order valence-electron chi connectivity index (χ2n) is 5.66. The molecule has 0 saturated carbocycles. The molecule has 10 heteroatoms. The number of halogens is 3. The Bertz CT molecular complexity index is 696. The summed E-state index contributed by atoms with van der Waals surface area (Å²) in [5.41, 5.74) is 0.583. The lowest BCUT2D eigenvalue weighted by Crippen LogP contribution is -2.37. The van der Waals surface area contributed by atoms with Crippen LogP contribution in [0.15, 0.2) is 6.07 Å². The lowest BCUT2D eigenvalue weighted by molar-refractivity contribution is -0.144. The molecule has 1 aliphatic rings. The maximum atomic E-state index is 12.8. The van der Waals surface area contributed by atoms with Gasteiger partial charge in [0.2, 0.25) is 0 Å². The van der Waals surface area contributed by atoms with E-state index in [1.807, 2.05) is 0 Å². The van der Waals surface area contributed by atoms with Crippen molar-refractivity contribution in [2.24, 2.45) is 0 Å². The first-order valence-corrected chi connectivity index (χ1v) is 7.79. The van der Waals surface area contributed by atoms with E-state index in [9.17, 15) is 13.2 Å². The van der Waals surface area contributed by atoms with Gasteiger partial charge in [0.15, 0.2) is 0 Å². The molecule has 0 bridgehead atoms. The molecule has 7 nitrogen and oxygen atoms in total. The van der Waals surface area contributed by atoms with E-state index in [1.165, 1.54) is 0 Å². The molecule has 3 heterocycles. The number of nitrogens with one attached hydrogen (secondary N) is 1. The molecule has 0 unspecified atom stereocenters. The number of ether oxygens (including phenoxy) is 1. The predicted octanol–water partition coefficient (Wildman–Crippen LogP) is 1.59. The maximum Gasteiger partial charge on any atom is 0.453 e. The van der Waals surface area contributed by atoms with Gasteiger partial charge < -0.3 is 10.1 Å². The topological polar surface area (TPSA) is 67.6 Å². The molecule has 1 N–H and O–H groups in total. The Labute approximate surface area is 136 Å². The Balaban J connectivity index is 1.66. The lowest BCUT2D eigenvalue weighted by atomic mass is 10.3. The molecule has 132 valence electrons. The monoisotopic (exact) mass is 344 g/mol. The molecule has 1 aliphatic heterocycles. The van der Waals surface area contributed by atoms with Crippen molar-refractivity contribution in [2.45, 2.75) is 19.5 Å². The van der Waals surface area contributed by atoms with Crippen molar-refractivity contribution in [2.75, 3.05) is 44.7 Å². The summed E-state index contributed by atoms with van der Waals surface area (Å²) >= 11 is 0. The van der Waals surface area contributed by atoms with Crippen molar-refractivity contribution >= 4 is 11.6 Å².